The third kappa shape index (κ3) is 2.56. The molecule has 0 heterocycles. The lowest BCUT2D eigenvalue weighted by Gasteiger charge is -2.08. The van der Waals surface area contributed by atoms with E-state index < -0.39 is 6.23 Å². The predicted molar refractivity (Wildman–Crippen MR) is 50.3 cm³/mol. The fourth-order valence-electron chi connectivity index (χ4n) is 1.10. The minimum Gasteiger partial charge on any atom is -0.374 e. The lowest BCUT2D eigenvalue weighted by molar-refractivity contribution is 0.0818. The third-order valence-corrected chi connectivity index (χ3v) is 1.73. The topological polar surface area (TPSA) is 49.3 Å². The molecule has 1 atom stereocenters. The number of carbonyl (C=O) groups is 1. The molecule has 2 N–H and O–H groups in total. The van der Waals surface area contributed by atoms with E-state index in [9.17, 15) is 4.79 Å². The third-order valence-electron chi connectivity index (χ3n) is 1.73. The molecule has 0 saturated carbocycles. The van der Waals surface area contributed by atoms with Gasteiger partial charge in [-0.3, -0.25) is 4.79 Å². The summed E-state index contributed by atoms with van der Waals surface area (Å²) in [6.45, 7) is 3.37. The number of nitrogens with one attached hydrogen (secondary N) is 1. The number of carbonyl (C=O) groups excluding carboxylic acids is 1. The molecule has 0 bridgehead atoms. The molecule has 1 aromatic carbocycles. The van der Waals surface area contributed by atoms with Gasteiger partial charge in [0.2, 0.25) is 0 Å². The molecule has 0 fully saturated rings. The van der Waals surface area contributed by atoms with E-state index in [4.69, 9.17) is 5.11 Å². The van der Waals surface area contributed by atoms with Crippen LogP contribution >= 0.6 is 0 Å². The normalized spacial score (nSPS) is 12.2. The molecule has 70 valence electrons. The van der Waals surface area contributed by atoms with Crippen LogP contribution in [0.25, 0.3) is 0 Å². The first-order chi connectivity index (χ1) is 6.11. The van der Waals surface area contributed by atoms with Gasteiger partial charge in [0.25, 0.3) is 5.91 Å². The molecule has 0 aliphatic heterocycles. The van der Waals surface area contributed by atoms with Gasteiger partial charge in [0.15, 0.2) is 0 Å². The Bertz CT molecular complexity index is 308. The van der Waals surface area contributed by atoms with Crippen LogP contribution in [-0.2, 0) is 0 Å². The summed E-state index contributed by atoms with van der Waals surface area (Å²) >= 11 is 0. The maximum Gasteiger partial charge on any atom is 0.253 e. The molecule has 0 aromatic heterocycles. The van der Waals surface area contributed by atoms with E-state index in [2.05, 4.69) is 5.32 Å². The van der Waals surface area contributed by atoms with Crippen LogP contribution in [0.3, 0.4) is 0 Å². The summed E-state index contributed by atoms with van der Waals surface area (Å²) in [7, 11) is 0. The van der Waals surface area contributed by atoms with Crippen molar-refractivity contribution in [2.45, 2.75) is 20.1 Å². The summed E-state index contributed by atoms with van der Waals surface area (Å²) in [6.07, 6.45) is -0.813. The van der Waals surface area contributed by atoms with Crippen LogP contribution in [0, 0.1) is 6.92 Å². The minimum absolute atomic E-state index is 0.242. The molecule has 3 heteroatoms. The van der Waals surface area contributed by atoms with Crippen LogP contribution in [0.4, 0.5) is 0 Å². The van der Waals surface area contributed by atoms with Crippen molar-refractivity contribution in [1.29, 1.82) is 0 Å². The first-order valence-electron chi connectivity index (χ1n) is 4.16. The summed E-state index contributed by atoms with van der Waals surface area (Å²) in [5.41, 5.74) is 1.50. The van der Waals surface area contributed by atoms with Gasteiger partial charge in [-0.25, -0.2) is 0 Å². The van der Waals surface area contributed by atoms with Gasteiger partial charge >= 0.3 is 0 Å². The average Bonchev–Trinajstić information content (AvgIpc) is 2.03. The van der Waals surface area contributed by atoms with Gasteiger partial charge in [0, 0.05) is 5.56 Å². The lowest BCUT2D eigenvalue weighted by atomic mass is 10.1. The van der Waals surface area contributed by atoms with E-state index in [0.29, 0.717) is 5.56 Å². The number of hydrogen-bond acceptors (Lipinski definition) is 2. The smallest absolute Gasteiger partial charge is 0.253 e. The van der Waals surface area contributed by atoms with E-state index in [1.165, 1.54) is 6.92 Å². The zero-order chi connectivity index (χ0) is 9.84. The minimum atomic E-state index is -0.813. The zero-order valence-electron chi connectivity index (χ0n) is 7.74. The SMILES string of the molecule is Cc1ccccc1C(=O)NC(C)O. The molecule has 1 aromatic rings. The Kier molecular flexibility index (Phi) is 3.03. The maximum atomic E-state index is 11.4. The standard InChI is InChI=1S/C10H13NO2/c1-7-5-3-4-6-9(7)10(13)11-8(2)12/h3-6,8,12H,1-2H3,(H,11,13). The number of aryl methyl sites for hydroxylation is 1. The fraction of sp³-hybridized carbons (Fsp3) is 0.300. The predicted octanol–water partition coefficient (Wildman–Crippen LogP) is 1.06. The van der Waals surface area contributed by atoms with Crippen molar-refractivity contribution in [3.05, 3.63) is 35.4 Å². The summed E-state index contributed by atoms with van der Waals surface area (Å²) in [4.78, 5) is 11.4. The number of hydrogen-bond donors (Lipinski definition) is 2. The summed E-state index contributed by atoms with van der Waals surface area (Å²) in [6, 6.07) is 7.25. The molecule has 13 heavy (non-hydrogen) atoms. The Hall–Kier alpha value is -1.35. The first kappa shape index (κ1) is 9.74. The van der Waals surface area contributed by atoms with E-state index in [-0.39, 0.29) is 5.91 Å². The van der Waals surface area contributed by atoms with Crippen LogP contribution in [0.1, 0.15) is 22.8 Å². The van der Waals surface area contributed by atoms with Crippen molar-refractivity contribution >= 4 is 5.91 Å². The Morgan fingerprint density at radius 3 is 2.62 bits per heavy atom. The Morgan fingerprint density at radius 2 is 2.08 bits per heavy atom. The Balaban J connectivity index is 2.83. The van der Waals surface area contributed by atoms with Crippen molar-refractivity contribution in [2.75, 3.05) is 0 Å². The second kappa shape index (κ2) is 4.05. The van der Waals surface area contributed by atoms with E-state index >= 15 is 0 Å². The largest absolute Gasteiger partial charge is 0.374 e. The maximum absolute atomic E-state index is 11.4. The average molecular weight is 179 g/mol. The molecule has 3 nitrogen and oxygen atoms in total. The van der Waals surface area contributed by atoms with Gasteiger partial charge in [-0.2, -0.15) is 0 Å². The highest BCUT2D eigenvalue weighted by molar-refractivity contribution is 5.95. The van der Waals surface area contributed by atoms with Crippen LogP contribution < -0.4 is 5.32 Å². The van der Waals surface area contributed by atoms with E-state index in [1.807, 2.05) is 19.1 Å². The number of aliphatic hydroxyl groups excluding tert-OH is 1. The molecule has 1 amide bonds. The Labute approximate surface area is 77.4 Å². The molecule has 1 rings (SSSR count). The van der Waals surface area contributed by atoms with Crippen LogP contribution in [-0.4, -0.2) is 17.2 Å². The summed E-state index contributed by atoms with van der Waals surface area (Å²) in [5, 5.41) is 11.4. The van der Waals surface area contributed by atoms with Crippen molar-refractivity contribution in [3.8, 4) is 0 Å². The molecule has 0 spiro atoms. The van der Waals surface area contributed by atoms with Crippen LogP contribution in [0.5, 0.6) is 0 Å². The molecule has 0 saturated heterocycles. The van der Waals surface area contributed by atoms with Crippen molar-refractivity contribution in [3.63, 3.8) is 0 Å². The number of rotatable bonds is 2. The highest BCUT2D eigenvalue weighted by atomic mass is 16.3. The van der Waals surface area contributed by atoms with Crippen LogP contribution in [0.15, 0.2) is 24.3 Å². The van der Waals surface area contributed by atoms with Crippen molar-refractivity contribution in [2.24, 2.45) is 0 Å². The molecular weight excluding hydrogens is 166 g/mol. The van der Waals surface area contributed by atoms with Crippen molar-refractivity contribution in [1.82, 2.24) is 5.32 Å². The van der Waals surface area contributed by atoms with Gasteiger partial charge in [0.1, 0.15) is 6.23 Å². The first-order valence-corrected chi connectivity index (χ1v) is 4.16. The summed E-state index contributed by atoms with van der Waals surface area (Å²) in [5.74, 6) is -0.242. The van der Waals surface area contributed by atoms with Gasteiger partial charge in [-0.15, -0.1) is 0 Å². The number of aliphatic hydroxyl groups is 1. The second-order valence-corrected chi connectivity index (χ2v) is 2.96. The summed E-state index contributed by atoms with van der Waals surface area (Å²) < 4.78 is 0. The molecular formula is C10H13NO2. The highest BCUT2D eigenvalue weighted by Gasteiger charge is 2.08. The second-order valence-electron chi connectivity index (χ2n) is 2.96. The van der Waals surface area contributed by atoms with Gasteiger partial charge in [0.05, 0.1) is 0 Å². The Morgan fingerprint density at radius 1 is 1.46 bits per heavy atom. The fourth-order valence-corrected chi connectivity index (χ4v) is 1.10. The molecule has 1 unspecified atom stereocenters. The van der Waals surface area contributed by atoms with Crippen LogP contribution in [0.2, 0.25) is 0 Å². The van der Waals surface area contributed by atoms with Gasteiger partial charge in [-0.05, 0) is 25.5 Å². The van der Waals surface area contributed by atoms with Gasteiger partial charge in [-0.1, -0.05) is 18.2 Å². The molecule has 0 aliphatic rings. The van der Waals surface area contributed by atoms with E-state index in [1.54, 1.807) is 12.1 Å². The zero-order valence-corrected chi connectivity index (χ0v) is 7.74. The monoisotopic (exact) mass is 179 g/mol. The van der Waals surface area contributed by atoms with Crippen molar-refractivity contribution < 1.29 is 9.90 Å². The molecule has 0 radical (unpaired) electrons. The van der Waals surface area contributed by atoms with E-state index in [0.717, 1.165) is 5.56 Å². The lowest BCUT2D eigenvalue weighted by Crippen LogP contribution is -2.32. The molecule has 0 aliphatic carbocycles. The quantitative estimate of drug-likeness (QED) is 0.667. The number of amides is 1. The van der Waals surface area contributed by atoms with Gasteiger partial charge < -0.3 is 10.4 Å². The number of benzene rings is 1. The highest BCUT2D eigenvalue weighted by Crippen LogP contribution is 2.06.